The van der Waals surface area contributed by atoms with E-state index in [9.17, 15) is 8.42 Å². The number of rotatable bonds is 3. The molecule has 0 saturated heterocycles. The fourth-order valence-corrected chi connectivity index (χ4v) is 3.42. The van der Waals surface area contributed by atoms with Crippen LogP contribution in [-0.2, 0) is 10.2 Å². The summed E-state index contributed by atoms with van der Waals surface area (Å²) in [6, 6.07) is -0.0165. The van der Waals surface area contributed by atoms with Crippen LogP contribution in [0.2, 0.25) is 0 Å². The Morgan fingerprint density at radius 3 is 2.12 bits per heavy atom. The van der Waals surface area contributed by atoms with Crippen molar-refractivity contribution in [2.75, 3.05) is 0 Å². The molecule has 0 bridgehead atoms. The predicted molar refractivity (Wildman–Crippen MR) is 65.1 cm³/mol. The molecular formula is C10H23N3O2S. The zero-order valence-electron chi connectivity index (χ0n) is 10.7. The van der Waals surface area contributed by atoms with Crippen LogP contribution in [0, 0.1) is 5.41 Å². The zero-order valence-corrected chi connectivity index (χ0v) is 11.5. The Bertz CT molecular complexity index is 357. The van der Waals surface area contributed by atoms with Crippen molar-refractivity contribution in [2.45, 2.75) is 58.7 Å². The van der Waals surface area contributed by atoms with E-state index in [0.717, 1.165) is 0 Å². The van der Waals surface area contributed by atoms with Crippen LogP contribution < -0.4 is 15.2 Å². The van der Waals surface area contributed by atoms with Crippen molar-refractivity contribution in [1.29, 1.82) is 0 Å². The minimum absolute atomic E-state index is 0.0647. The van der Waals surface area contributed by atoms with Crippen molar-refractivity contribution >= 4 is 10.2 Å². The Balaban J connectivity index is 2.63. The Hall–Kier alpha value is -0.170. The molecule has 0 aromatic rings. The van der Waals surface area contributed by atoms with Crippen LogP contribution in [0.1, 0.15) is 41.0 Å². The van der Waals surface area contributed by atoms with Crippen molar-refractivity contribution in [3.05, 3.63) is 0 Å². The van der Waals surface area contributed by atoms with Gasteiger partial charge < -0.3 is 5.73 Å². The molecule has 2 atom stereocenters. The van der Waals surface area contributed by atoms with Crippen molar-refractivity contribution in [2.24, 2.45) is 11.1 Å². The van der Waals surface area contributed by atoms with Gasteiger partial charge in [-0.1, -0.05) is 13.8 Å². The summed E-state index contributed by atoms with van der Waals surface area (Å²) < 4.78 is 28.8. The lowest BCUT2D eigenvalue weighted by Crippen LogP contribution is -2.66. The lowest BCUT2D eigenvalue weighted by molar-refractivity contribution is 0.0898. The van der Waals surface area contributed by atoms with Crippen molar-refractivity contribution in [1.82, 2.24) is 9.44 Å². The molecule has 0 aromatic heterocycles. The van der Waals surface area contributed by atoms with Crippen LogP contribution in [0.3, 0.4) is 0 Å². The number of hydrogen-bond donors (Lipinski definition) is 3. The quantitative estimate of drug-likeness (QED) is 0.674. The largest absolute Gasteiger partial charge is 0.327 e. The van der Waals surface area contributed by atoms with Gasteiger partial charge in [-0.15, -0.1) is 0 Å². The lowest BCUT2D eigenvalue weighted by Gasteiger charge is -2.50. The molecule has 0 heterocycles. The maximum atomic E-state index is 11.8. The zero-order chi connectivity index (χ0) is 12.8. The molecule has 5 nitrogen and oxygen atoms in total. The normalized spacial score (nSPS) is 29.9. The molecule has 1 saturated carbocycles. The SMILES string of the molecule is CC(C)(C)NS(=O)(=O)NC1CC(N)C1(C)C. The van der Waals surface area contributed by atoms with Gasteiger partial charge in [0.2, 0.25) is 0 Å². The van der Waals surface area contributed by atoms with Crippen LogP contribution in [-0.4, -0.2) is 26.0 Å². The van der Waals surface area contributed by atoms with E-state index in [1.54, 1.807) is 0 Å². The average molecular weight is 249 g/mol. The first-order chi connectivity index (χ1) is 6.94. The third kappa shape index (κ3) is 3.16. The van der Waals surface area contributed by atoms with Gasteiger partial charge in [0.25, 0.3) is 10.2 Å². The molecule has 1 aliphatic rings. The van der Waals surface area contributed by atoms with E-state index in [-0.39, 0.29) is 17.5 Å². The van der Waals surface area contributed by atoms with Gasteiger partial charge in [0.1, 0.15) is 0 Å². The van der Waals surface area contributed by atoms with E-state index >= 15 is 0 Å². The minimum Gasteiger partial charge on any atom is -0.327 e. The average Bonchev–Trinajstić information content (AvgIpc) is 1.98. The molecule has 1 rings (SSSR count). The molecule has 96 valence electrons. The maximum absolute atomic E-state index is 11.8. The first-order valence-corrected chi connectivity index (χ1v) is 6.99. The van der Waals surface area contributed by atoms with E-state index < -0.39 is 15.7 Å². The van der Waals surface area contributed by atoms with Gasteiger partial charge in [0.05, 0.1) is 0 Å². The lowest BCUT2D eigenvalue weighted by atomic mass is 9.64. The molecule has 0 spiro atoms. The predicted octanol–water partition coefficient (Wildman–Crippen LogP) is 0.335. The van der Waals surface area contributed by atoms with E-state index in [2.05, 4.69) is 9.44 Å². The Morgan fingerprint density at radius 2 is 1.81 bits per heavy atom. The van der Waals surface area contributed by atoms with Gasteiger partial charge in [-0.05, 0) is 32.6 Å². The second-order valence-electron chi connectivity index (χ2n) is 6.19. The molecular weight excluding hydrogens is 226 g/mol. The van der Waals surface area contributed by atoms with E-state index in [1.807, 2.05) is 34.6 Å². The summed E-state index contributed by atoms with van der Waals surface area (Å²) in [5.74, 6) is 0. The fourth-order valence-electron chi connectivity index (χ4n) is 1.78. The molecule has 0 radical (unpaired) electrons. The third-order valence-corrected chi connectivity index (χ3v) is 4.56. The van der Waals surface area contributed by atoms with Gasteiger partial charge in [0, 0.05) is 17.6 Å². The minimum atomic E-state index is -3.45. The second-order valence-corrected chi connectivity index (χ2v) is 7.64. The molecule has 0 amide bonds. The monoisotopic (exact) mass is 249 g/mol. The molecule has 1 fully saturated rings. The van der Waals surface area contributed by atoms with Crippen molar-refractivity contribution in [3.63, 3.8) is 0 Å². The molecule has 16 heavy (non-hydrogen) atoms. The summed E-state index contributed by atoms with van der Waals surface area (Å²) in [7, 11) is -3.45. The topological polar surface area (TPSA) is 84.2 Å². The van der Waals surface area contributed by atoms with Gasteiger partial charge in [-0.3, -0.25) is 0 Å². The van der Waals surface area contributed by atoms with Gasteiger partial charge >= 0.3 is 0 Å². The Labute approximate surface area is 98.4 Å². The highest BCUT2D eigenvalue weighted by atomic mass is 32.2. The summed E-state index contributed by atoms with van der Waals surface area (Å²) in [5, 5.41) is 0. The summed E-state index contributed by atoms with van der Waals surface area (Å²) in [6.07, 6.45) is 0.693. The Kier molecular flexibility index (Phi) is 3.42. The molecule has 1 aliphatic carbocycles. The van der Waals surface area contributed by atoms with Crippen molar-refractivity contribution in [3.8, 4) is 0 Å². The first kappa shape index (κ1) is 13.9. The molecule has 4 N–H and O–H groups in total. The van der Waals surface area contributed by atoms with Gasteiger partial charge in [-0.25, -0.2) is 0 Å². The Morgan fingerprint density at radius 1 is 1.31 bits per heavy atom. The molecule has 2 unspecified atom stereocenters. The number of nitrogens with one attached hydrogen (secondary N) is 2. The van der Waals surface area contributed by atoms with E-state index in [0.29, 0.717) is 6.42 Å². The van der Waals surface area contributed by atoms with Gasteiger partial charge in [-0.2, -0.15) is 17.9 Å². The van der Waals surface area contributed by atoms with Crippen molar-refractivity contribution < 1.29 is 8.42 Å². The molecule has 0 aromatic carbocycles. The molecule has 6 heteroatoms. The fraction of sp³-hybridized carbons (Fsp3) is 1.00. The third-order valence-electron chi connectivity index (χ3n) is 3.08. The summed E-state index contributed by atoms with van der Waals surface area (Å²) in [5.41, 5.74) is 5.19. The maximum Gasteiger partial charge on any atom is 0.277 e. The first-order valence-electron chi connectivity index (χ1n) is 5.51. The van der Waals surface area contributed by atoms with Crippen LogP contribution in [0.4, 0.5) is 0 Å². The van der Waals surface area contributed by atoms with Gasteiger partial charge in [0.15, 0.2) is 0 Å². The highest BCUT2D eigenvalue weighted by Gasteiger charge is 2.47. The summed E-state index contributed by atoms with van der Waals surface area (Å²) >= 11 is 0. The van der Waals surface area contributed by atoms with Crippen LogP contribution >= 0.6 is 0 Å². The highest BCUT2D eigenvalue weighted by Crippen LogP contribution is 2.39. The molecule has 0 aliphatic heterocycles. The number of hydrogen-bond acceptors (Lipinski definition) is 3. The second kappa shape index (κ2) is 3.94. The van der Waals surface area contributed by atoms with Crippen LogP contribution in [0.5, 0.6) is 0 Å². The highest BCUT2D eigenvalue weighted by molar-refractivity contribution is 7.87. The van der Waals surface area contributed by atoms with Crippen LogP contribution in [0.25, 0.3) is 0 Å². The standard InChI is InChI=1S/C10H23N3O2S/c1-9(2,3)13-16(14,15)12-8-6-7(11)10(8,4)5/h7-8,12-13H,6,11H2,1-5H3. The van der Waals surface area contributed by atoms with E-state index in [1.165, 1.54) is 0 Å². The summed E-state index contributed by atoms with van der Waals surface area (Å²) in [6.45, 7) is 9.38. The smallest absolute Gasteiger partial charge is 0.277 e. The van der Waals surface area contributed by atoms with E-state index in [4.69, 9.17) is 5.73 Å². The van der Waals surface area contributed by atoms with Crippen LogP contribution in [0.15, 0.2) is 0 Å². The summed E-state index contributed by atoms with van der Waals surface area (Å²) in [4.78, 5) is 0. The number of nitrogens with two attached hydrogens (primary N) is 1.